The van der Waals surface area contributed by atoms with Crippen molar-refractivity contribution in [1.29, 1.82) is 0 Å². The second-order valence-corrected chi connectivity index (χ2v) is 9.04. The second-order valence-electron chi connectivity index (χ2n) is 8.16. The first-order chi connectivity index (χ1) is 15.6. The highest BCUT2D eigenvalue weighted by Gasteiger charge is 2.62. The van der Waals surface area contributed by atoms with Crippen molar-refractivity contribution in [3.05, 3.63) is 68.7 Å². The molecule has 176 valence electrons. The van der Waals surface area contributed by atoms with Crippen molar-refractivity contribution in [2.75, 3.05) is 13.2 Å². The Morgan fingerprint density at radius 1 is 1.21 bits per heavy atom. The number of nitrogens with zero attached hydrogens (tertiary/aromatic N) is 1. The number of nitrogens with one attached hydrogen (secondary N) is 1. The van der Waals surface area contributed by atoms with Crippen LogP contribution in [0.2, 0.25) is 10.0 Å². The normalized spacial score (nSPS) is 22.7. The van der Waals surface area contributed by atoms with Crippen LogP contribution in [0.1, 0.15) is 46.3 Å². The predicted octanol–water partition coefficient (Wildman–Crippen LogP) is 5.79. The van der Waals surface area contributed by atoms with Gasteiger partial charge in [-0.1, -0.05) is 34.4 Å². The van der Waals surface area contributed by atoms with Crippen molar-refractivity contribution >= 4 is 34.8 Å². The van der Waals surface area contributed by atoms with Gasteiger partial charge in [-0.05, 0) is 61.2 Å². The lowest BCUT2D eigenvalue weighted by molar-refractivity contribution is -0.275. The van der Waals surface area contributed by atoms with E-state index in [4.69, 9.17) is 32.8 Å². The number of hydrogen-bond acceptors (Lipinski definition) is 4. The quantitative estimate of drug-likeness (QED) is 0.564. The fourth-order valence-electron chi connectivity index (χ4n) is 4.05. The monoisotopic (exact) mass is 500 g/mol. The first-order valence-electron chi connectivity index (χ1n) is 10.4. The lowest BCUT2D eigenvalue weighted by Crippen LogP contribution is -2.42. The molecule has 1 amide bonds. The van der Waals surface area contributed by atoms with Crippen molar-refractivity contribution in [3.8, 4) is 0 Å². The molecule has 0 bridgehead atoms. The smallest absolute Gasteiger partial charge is 0.376 e. The number of oxime groups is 1. The molecule has 1 N–H and O–H groups in total. The Kier molecular flexibility index (Phi) is 6.62. The highest BCUT2D eigenvalue weighted by molar-refractivity contribution is 6.34. The Bertz CT molecular complexity index is 1080. The van der Waals surface area contributed by atoms with Gasteiger partial charge < -0.3 is 14.9 Å². The summed E-state index contributed by atoms with van der Waals surface area (Å²) in [6, 6.07) is 8.45. The average molecular weight is 501 g/mol. The first kappa shape index (κ1) is 23.9. The SMILES string of the molecule is Cc1cc(C2=NOC(c3cc(Cl)cc(Cl)c3)(C(F)(F)F)C2)ccc1C(=O)NCC1CCCO1. The summed E-state index contributed by atoms with van der Waals surface area (Å²) in [6.45, 7) is 2.82. The Balaban J connectivity index is 1.55. The van der Waals surface area contributed by atoms with Gasteiger partial charge in [0.25, 0.3) is 11.5 Å². The fraction of sp³-hybridized carbons (Fsp3) is 0.391. The van der Waals surface area contributed by atoms with Gasteiger partial charge in [0, 0.05) is 40.7 Å². The molecule has 0 aliphatic carbocycles. The van der Waals surface area contributed by atoms with E-state index < -0.39 is 18.2 Å². The van der Waals surface area contributed by atoms with Gasteiger partial charge in [-0.25, -0.2) is 0 Å². The van der Waals surface area contributed by atoms with E-state index >= 15 is 0 Å². The van der Waals surface area contributed by atoms with Gasteiger partial charge in [0.15, 0.2) is 0 Å². The molecule has 10 heteroatoms. The molecule has 1 fully saturated rings. The first-order valence-corrected chi connectivity index (χ1v) is 11.1. The summed E-state index contributed by atoms with van der Waals surface area (Å²) >= 11 is 11.9. The van der Waals surface area contributed by atoms with Gasteiger partial charge in [0.2, 0.25) is 0 Å². The number of aryl methyl sites for hydroxylation is 1. The molecular formula is C23H21Cl2F3N2O3. The molecule has 1 saturated heterocycles. The van der Waals surface area contributed by atoms with E-state index in [0.29, 0.717) is 29.8 Å². The van der Waals surface area contributed by atoms with Crippen molar-refractivity contribution in [3.63, 3.8) is 0 Å². The number of amides is 1. The maximum Gasteiger partial charge on any atom is 0.435 e. The number of alkyl halides is 3. The minimum Gasteiger partial charge on any atom is -0.376 e. The average Bonchev–Trinajstić information content (AvgIpc) is 3.41. The molecule has 2 aromatic rings. The van der Waals surface area contributed by atoms with Gasteiger partial charge >= 0.3 is 6.18 Å². The fourth-order valence-corrected chi connectivity index (χ4v) is 4.58. The number of carbonyl (C=O) groups is 1. The van der Waals surface area contributed by atoms with E-state index in [-0.39, 0.29) is 33.3 Å². The van der Waals surface area contributed by atoms with Crippen LogP contribution in [0, 0.1) is 6.92 Å². The zero-order chi connectivity index (χ0) is 23.8. The molecule has 2 aromatic carbocycles. The Morgan fingerprint density at radius 3 is 2.55 bits per heavy atom. The Labute approximate surface area is 198 Å². The molecule has 2 heterocycles. The minimum atomic E-state index is -4.77. The molecule has 0 aromatic heterocycles. The van der Waals surface area contributed by atoms with Crippen LogP contribution in [-0.4, -0.2) is 37.1 Å². The maximum atomic E-state index is 14.2. The molecule has 2 atom stereocenters. The van der Waals surface area contributed by atoms with Crippen LogP contribution in [0.5, 0.6) is 0 Å². The summed E-state index contributed by atoms with van der Waals surface area (Å²) in [4.78, 5) is 17.6. The summed E-state index contributed by atoms with van der Waals surface area (Å²) in [5.74, 6) is -0.266. The summed E-state index contributed by atoms with van der Waals surface area (Å²) in [5, 5.41) is 6.73. The number of ether oxygens (including phenoxy) is 1. The van der Waals surface area contributed by atoms with E-state index in [1.165, 1.54) is 18.2 Å². The lowest BCUT2D eigenvalue weighted by Gasteiger charge is -2.29. The molecule has 33 heavy (non-hydrogen) atoms. The predicted molar refractivity (Wildman–Crippen MR) is 119 cm³/mol. The molecule has 4 rings (SSSR count). The third-order valence-electron chi connectivity index (χ3n) is 5.83. The highest BCUT2D eigenvalue weighted by Crippen LogP contribution is 2.49. The van der Waals surface area contributed by atoms with Crippen molar-refractivity contribution in [2.24, 2.45) is 5.16 Å². The third-order valence-corrected chi connectivity index (χ3v) is 6.27. The van der Waals surface area contributed by atoms with Crippen LogP contribution >= 0.6 is 23.2 Å². The Hall–Kier alpha value is -2.29. The number of hydrogen-bond donors (Lipinski definition) is 1. The van der Waals surface area contributed by atoms with E-state index in [0.717, 1.165) is 12.8 Å². The van der Waals surface area contributed by atoms with E-state index in [1.54, 1.807) is 25.1 Å². The summed E-state index contributed by atoms with van der Waals surface area (Å²) in [7, 11) is 0. The van der Waals surface area contributed by atoms with Gasteiger partial charge in [-0.2, -0.15) is 13.2 Å². The van der Waals surface area contributed by atoms with Gasteiger partial charge in [0.05, 0.1) is 11.8 Å². The zero-order valence-electron chi connectivity index (χ0n) is 17.6. The number of carbonyl (C=O) groups excluding carboxylic acids is 1. The molecule has 2 unspecified atom stereocenters. The molecule has 0 saturated carbocycles. The second kappa shape index (κ2) is 9.16. The summed E-state index contributed by atoms with van der Waals surface area (Å²) < 4.78 is 48.0. The minimum absolute atomic E-state index is 0.00834. The Morgan fingerprint density at radius 2 is 1.94 bits per heavy atom. The number of benzene rings is 2. The molecule has 0 spiro atoms. The van der Waals surface area contributed by atoms with Crippen molar-refractivity contribution < 1.29 is 27.5 Å². The van der Waals surface area contributed by atoms with Gasteiger partial charge in [-0.15, -0.1) is 0 Å². The van der Waals surface area contributed by atoms with Gasteiger partial charge in [-0.3, -0.25) is 4.79 Å². The third kappa shape index (κ3) is 4.83. The van der Waals surface area contributed by atoms with Crippen molar-refractivity contribution in [2.45, 2.75) is 44.1 Å². The number of rotatable bonds is 5. The number of halogens is 5. The lowest BCUT2D eigenvalue weighted by atomic mass is 9.86. The van der Waals surface area contributed by atoms with Crippen LogP contribution in [0.25, 0.3) is 0 Å². The molecule has 2 aliphatic heterocycles. The molecular weight excluding hydrogens is 480 g/mol. The van der Waals surface area contributed by atoms with Crippen LogP contribution in [0.4, 0.5) is 13.2 Å². The maximum absolute atomic E-state index is 14.2. The van der Waals surface area contributed by atoms with E-state index in [1.807, 2.05) is 0 Å². The van der Waals surface area contributed by atoms with Crippen LogP contribution < -0.4 is 5.32 Å². The zero-order valence-corrected chi connectivity index (χ0v) is 19.2. The summed E-state index contributed by atoms with van der Waals surface area (Å²) in [6.07, 6.45) is -3.45. The van der Waals surface area contributed by atoms with Gasteiger partial charge in [0.1, 0.15) is 0 Å². The topological polar surface area (TPSA) is 59.9 Å². The molecule has 5 nitrogen and oxygen atoms in total. The van der Waals surface area contributed by atoms with Crippen molar-refractivity contribution in [1.82, 2.24) is 5.32 Å². The largest absolute Gasteiger partial charge is 0.435 e. The summed E-state index contributed by atoms with van der Waals surface area (Å²) in [5.41, 5.74) is -1.36. The molecule has 0 radical (unpaired) electrons. The standard InChI is InChI=1S/C23H21Cl2F3N2O3/c1-13-7-14(4-5-19(13)21(31)29-12-18-3-2-6-32-18)20-11-22(33-30-20,23(26,27)28)15-8-16(24)10-17(25)9-15/h4-5,7-10,18H,2-3,6,11-12H2,1H3,(H,29,31). The van der Waals surface area contributed by atoms with Crippen LogP contribution in [0.3, 0.4) is 0 Å². The van der Waals surface area contributed by atoms with E-state index in [2.05, 4.69) is 10.5 Å². The van der Waals surface area contributed by atoms with Crippen LogP contribution in [0.15, 0.2) is 41.6 Å². The molecule has 2 aliphatic rings. The highest BCUT2D eigenvalue weighted by atomic mass is 35.5. The van der Waals surface area contributed by atoms with E-state index in [9.17, 15) is 18.0 Å². The van der Waals surface area contributed by atoms with Crippen LogP contribution in [-0.2, 0) is 15.2 Å².